The third-order valence-corrected chi connectivity index (χ3v) is 5.29. The number of methoxy groups -OCH3 is 1. The van der Waals surface area contributed by atoms with Gasteiger partial charge >= 0.3 is 0 Å². The Morgan fingerprint density at radius 1 is 1.34 bits per heavy atom. The minimum absolute atomic E-state index is 0.0316. The van der Waals surface area contributed by atoms with Gasteiger partial charge in [-0.15, -0.1) is 11.3 Å². The molecule has 4 rings (SSSR count). The van der Waals surface area contributed by atoms with Gasteiger partial charge in [0, 0.05) is 41.3 Å². The second-order valence-corrected chi connectivity index (χ2v) is 8.17. The van der Waals surface area contributed by atoms with Crippen molar-refractivity contribution in [2.75, 3.05) is 7.11 Å². The van der Waals surface area contributed by atoms with Crippen molar-refractivity contribution in [1.82, 2.24) is 4.98 Å². The van der Waals surface area contributed by atoms with Crippen LogP contribution in [0.4, 0.5) is 10.8 Å². The lowest BCUT2D eigenvalue weighted by Crippen LogP contribution is -2.24. The van der Waals surface area contributed by atoms with Gasteiger partial charge < -0.3 is 9.47 Å². The van der Waals surface area contributed by atoms with Crippen molar-refractivity contribution in [3.8, 4) is 22.8 Å². The molecule has 0 spiro atoms. The first-order valence-electron chi connectivity index (χ1n) is 8.99. The molecule has 0 unspecified atom stereocenters. The van der Waals surface area contributed by atoms with Crippen molar-refractivity contribution in [1.29, 1.82) is 0 Å². The van der Waals surface area contributed by atoms with Crippen molar-refractivity contribution in [3.63, 3.8) is 0 Å². The Labute approximate surface area is 171 Å². The van der Waals surface area contributed by atoms with E-state index in [0.29, 0.717) is 16.4 Å². The van der Waals surface area contributed by atoms with E-state index in [-0.39, 0.29) is 11.3 Å². The maximum Gasteiger partial charge on any atom is 0.270 e. The smallest absolute Gasteiger partial charge is 0.270 e. The van der Waals surface area contributed by atoms with Gasteiger partial charge in [0.1, 0.15) is 5.60 Å². The molecule has 29 heavy (non-hydrogen) atoms. The van der Waals surface area contributed by atoms with Crippen LogP contribution < -0.4 is 9.47 Å². The summed E-state index contributed by atoms with van der Waals surface area (Å²) in [6.45, 7) is 4.10. The molecule has 0 saturated carbocycles. The zero-order valence-electron chi connectivity index (χ0n) is 16.2. The van der Waals surface area contributed by atoms with Crippen LogP contribution in [-0.4, -0.2) is 28.8 Å². The second-order valence-electron chi connectivity index (χ2n) is 7.33. The molecule has 1 aromatic heterocycles. The quantitative estimate of drug-likeness (QED) is 0.329. The molecule has 3 aromatic rings. The number of hydrogen-bond donors (Lipinski definition) is 0. The molecule has 1 aliphatic heterocycles. The van der Waals surface area contributed by atoms with E-state index in [0.717, 1.165) is 29.0 Å². The number of fused-ring (bicyclic) bond motifs is 1. The predicted molar refractivity (Wildman–Crippen MR) is 113 cm³/mol. The number of aromatic nitrogens is 1. The molecule has 2 aromatic carbocycles. The molecule has 1 aliphatic rings. The highest BCUT2D eigenvalue weighted by Gasteiger charge is 2.33. The molecule has 0 radical (unpaired) electrons. The second kappa shape index (κ2) is 7.29. The highest BCUT2D eigenvalue weighted by atomic mass is 32.1. The number of non-ortho nitro benzene ring substituents is 1. The molecule has 0 bridgehead atoms. The van der Waals surface area contributed by atoms with Gasteiger partial charge in [-0.1, -0.05) is 12.1 Å². The molecule has 0 fully saturated rings. The van der Waals surface area contributed by atoms with E-state index in [9.17, 15) is 10.1 Å². The normalized spacial score (nSPS) is 14.6. The van der Waals surface area contributed by atoms with Crippen LogP contribution in [-0.2, 0) is 6.42 Å². The van der Waals surface area contributed by atoms with E-state index in [1.165, 1.54) is 23.5 Å². The van der Waals surface area contributed by atoms with Crippen molar-refractivity contribution in [3.05, 3.63) is 63.0 Å². The first kappa shape index (κ1) is 19.1. The number of hydrogen-bond acceptors (Lipinski definition) is 7. The van der Waals surface area contributed by atoms with Gasteiger partial charge in [-0.25, -0.2) is 9.98 Å². The fourth-order valence-corrected chi connectivity index (χ4v) is 3.95. The molecule has 0 aliphatic carbocycles. The summed E-state index contributed by atoms with van der Waals surface area (Å²) in [4.78, 5) is 19.4. The zero-order chi connectivity index (χ0) is 20.6. The molecule has 0 N–H and O–H groups in total. The number of aliphatic imine (C=N–C) groups is 1. The number of nitrogens with zero attached hydrogens (tertiary/aromatic N) is 3. The Morgan fingerprint density at radius 2 is 2.17 bits per heavy atom. The van der Waals surface area contributed by atoms with Gasteiger partial charge in [0.25, 0.3) is 5.69 Å². The van der Waals surface area contributed by atoms with Gasteiger partial charge in [0.15, 0.2) is 11.5 Å². The average Bonchev–Trinajstić information content (AvgIpc) is 3.28. The van der Waals surface area contributed by atoms with E-state index in [1.807, 2.05) is 11.4 Å². The Balaban J connectivity index is 1.60. The van der Waals surface area contributed by atoms with E-state index < -0.39 is 4.92 Å². The molecule has 8 heteroatoms. The predicted octanol–water partition coefficient (Wildman–Crippen LogP) is 5.19. The lowest BCUT2D eigenvalue weighted by Gasteiger charge is -2.17. The molecular weight excluding hydrogens is 390 g/mol. The highest BCUT2D eigenvalue weighted by molar-refractivity contribution is 7.13. The molecule has 7 nitrogen and oxygen atoms in total. The minimum atomic E-state index is -0.426. The SMILES string of the molecule is COc1cc(-c2csc(/N=C/c3cccc([N+](=O)[O-])c3)n2)cc2c1OC(C)(C)C2. The molecular formula is C21H19N3O4S. The summed E-state index contributed by atoms with van der Waals surface area (Å²) in [7, 11) is 1.63. The van der Waals surface area contributed by atoms with E-state index in [2.05, 4.69) is 29.9 Å². The number of ether oxygens (including phenoxy) is 2. The minimum Gasteiger partial charge on any atom is -0.493 e. The third kappa shape index (κ3) is 3.97. The van der Waals surface area contributed by atoms with Gasteiger partial charge in [-0.05, 0) is 31.5 Å². The fraction of sp³-hybridized carbons (Fsp3) is 0.238. The van der Waals surface area contributed by atoms with Crippen molar-refractivity contribution in [2.45, 2.75) is 25.9 Å². The topological polar surface area (TPSA) is 86.9 Å². The van der Waals surface area contributed by atoms with E-state index in [4.69, 9.17) is 9.47 Å². The van der Waals surface area contributed by atoms with Gasteiger partial charge in [0.05, 0.1) is 17.7 Å². The molecule has 0 amide bonds. The Hall–Kier alpha value is -3.26. The molecule has 0 atom stereocenters. The Morgan fingerprint density at radius 3 is 2.93 bits per heavy atom. The lowest BCUT2D eigenvalue weighted by molar-refractivity contribution is -0.384. The average molecular weight is 409 g/mol. The summed E-state index contributed by atoms with van der Waals surface area (Å²) in [5.74, 6) is 1.48. The van der Waals surface area contributed by atoms with Crippen LogP contribution in [0.1, 0.15) is 25.0 Å². The van der Waals surface area contributed by atoms with Crippen molar-refractivity contribution < 1.29 is 14.4 Å². The fourth-order valence-electron chi connectivity index (χ4n) is 3.28. The van der Waals surface area contributed by atoms with Crippen LogP contribution in [0.25, 0.3) is 11.3 Å². The van der Waals surface area contributed by atoms with E-state index in [1.54, 1.807) is 25.5 Å². The molecule has 0 saturated heterocycles. The number of nitro benzene ring substituents is 1. The Bertz CT molecular complexity index is 1120. The Kier molecular flexibility index (Phi) is 4.79. The van der Waals surface area contributed by atoms with Crippen LogP contribution in [0, 0.1) is 10.1 Å². The van der Waals surface area contributed by atoms with Gasteiger partial charge in [-0.3, -0.25) is 10.1 Å². The summed E-state index contributed by atoms with van der Waals surface area (Å²) < 4.78 is 11.5. The largest absolute Gasteiger partial charge is 0.493 e. The van der Waals surface area contributed by atoms with Crippen LogP contribution in [0.5, 0.6) is 11.5 Å². The standard InChI is InChI=1S/C21H19N3O4S/c1-21(2)10-15-8-14(9-18(27-3)19(15)28-21)17-12-29-20(23-17)22-11-13-5-4-6-16(7-13)24(25)26/h4-9,11-12H,10H2,1-3H3/b22-11+. The molecule has 2 heterocycles. The zero-order valence-corrected chi connectivity index (χ0v) is 17.0. The summed E-state index contributed by atoms with van der Waals surface area (Å²) in [6.07, 6.45) is 2.38. The maximum atomic E-state index is 10.9. The third-order valence-electron chi connectivity index (χ3n) is 4.54. The highest BCUT2D eigenvalue weighted by Crippen LogP contribution is 2.44. The first-order valence-corrected chi connectivity index (χ1v) is 9.87. The van der Waals surface area contributed by atoms with Crippen LogP contribution in [0.3, 0.4) is 0 Å². The van der Waals surface area contributed by atoms with Crippen molar-refractivity contribution in [2.24, 2.45) is 4.99 Å². The van der Waals surface area contributed by atoms with Gasteiger partial charge in [-0.2, -0.15) is 0 Å². The van der Waals surface area contributed by atoms with Gasteiger partial charge in [0.2, 0.25) is 5.13 Å². The van der Waals surface area contributed by atoms with Crippen LogP contribution in [0.15, 0.2) is 46.8 Å². The molecule has 148 valence electrons. The summed E-state index contributed by atoms with van der Waals surface area (Å²) in [5.41, 5.74) is 3.25. The number of benzene rings is 2. The van der Waals surface area contributed by atoms with E-state index >= 15 is 0 Å². The lowest BCUT2D eigenvalue weighted by atomic mass is 9.99. The number of nitro groups is 1. The van der Waals surface area contributed by atoms with Crippen LogP contribution >= 0.6 is 11.3 Å². The van der Waals surface area contributed by atoms with Crippen molar-refractivity contribution >= 4 is 28.4 Å². The number of thiazole rings is 1. The summed E-state index contributed by atoms with van der Waals surface area (Å²) in [6, 6.07) is 10.3. The van der Waals surface area contributed by atoms with Crippen LogP contribution in [0.2, 0.25) is 0 Å². The summed E-state index contributed by atoms with van der Waals surface area (Å²) >= 11 is 1.41. The monoisotopic (exact) mass is 409 g/mol. The first-order chi connectivity index (χ1) is 13.8. The number of rotatable bonds is 5. The summed E-state index contributed by atoms with van der Waals surface area (Å²) in [5, 5.41) is 13.4. The maximum absolute atomic E-state index is 10.9.